The minimum atomic E-state index is -0.333. The standard InChI is InChI=1S/C19H19FIN5/c1-19(2,3)26-18-24-16(15-6-4-5-9-22-15)11-17(25-18)23-14-8-7-12(21)10-13(14)20/h4-11H,1-3H3,(H2,23,24,25,26). The van der Waals surface area contributed by atoms with E-state index in [1.807, 2.05) is 45.0 Å². The normalized spacial score (nSPS) is 11.3. The van der Waals surface area contributed by atoms with Crippen molar-refractivity contribution < 1.29 is 4.39 Å². The Morgan fingerprint density at radius 1 is 1.00 bits per heavy atom. The van der Waals surface area contributed by atoms with Gasteiger partial charge in [0.1, 0.15) is 11.6 Å². The second kappa shape index (κ2) is 7.53. The van der Waals surface area contributed by atoms with Crippen molar-refractivity contribution in [3.63, 3.8) is 0 Å². The first-order chi connectivity index (χ1) is 12.3. The van der Waals surface area contributed by atoms with E-state index in [2.05, 4.69) is 48.2 Å². The van der Waals surface area contributed by atoms with Gasteiger partial charge in [0, 0.05) is 21.4 Å². The molecule has 0 bridgehead atoms. The summed E-state index contributed by atoms with van der Waals surface area (Å²) in [6.07, 6.45) is 1.71. The molecular weight excluding hydrogens is 444 g/mol. The summed E-state index contributed by atoms with van der Waals surface area (Å²) in [4.78, 5) is 13.4. The van der Waals surface area contributed by atoms with E-state index in [0.29, 0.717) is 23.1 Å². The van der Waals surface area contributed by atoms with Gasteiger partial charge in [-0.2, -0.15) is 4.98 Å². The zero-order valence-electron chi connectivity index (χ0n) is 14.7. The molecule has 7 heteroatoms. The summed E-state index contributed by atoms with van der Waals surface area (Å²) in [7, 11) is 0. The first-order valence-electron chi connectivity index (χ1n) is 8.11. The fourth-order valence-corrected chi connectivity index (χ4v) is 2.73. The summed E-state index contributed by atoms with van der Waals surface area (Å²) in [5, 5.41) is 6.29. The number of rotatable bonds is 4. The number of pyridine rings is 1. The minimum Gasteiger partial charge on any atom is -0.350 e. The van der Waals surface area contributed by atoms with Crippen molar-refractivity contribution >= 4 is 40.0 Å². The van der Waals surface area contributed by atoms with Crippen molar-refractivity contribution in [2.24, 2.45) is 0 Å². The smallest absolute Gasteiger partial charge is 0.225 e. The van der Waals surface area contributed by atoms with Crippen molar-refractivity contribution in [1.82, 2.24) is 15.0 Å². The molecule has 0 atom stereocenters. The number of aromatic nitrogens is 3. The van der Waals surface area contributed by atoms with Crippen LogP contribution in [0.2, 0.25) is 0 Å². The Labute approximate surface area is 165 Å². The third-order valence-corrected chi connectivity index (χ3v) is 4.01. The van der Waals surface area contributed by atoms with E-state index in [9.17, 15) is 4.39 Å². The van der Waals surface area contributed by atoms with Crippen LogP contribution in [0.25, 0.3) is 11.4 Å². The summed E-state index contributed by atoms with van der Waals surface area (Å²) in [6.45, 7) is 6.07. The zero-order chi connectivity index (χ0) is 18.7. The molecule has 2 N–H and O–H groups in total. The first kappa shape index (κ1) is 18.5. The van der Waals surface area contributed by atoms with Crippen molar-refractivity contribution in [3.8, 4) is 11.4 Å². The van der Waals surface area contributed by atoms with Gasteiger partial charge in [-0.05, 0) is 73.7 Å². The molecule has 134 valence electrons. The lowest BCUT2D eigenvalue weighted by Crippen LogP contribution is -2.27. The van der Waals surface area contributed by atoms with Crippen LogP contribution in [0.1, 0.15) is 20.8 Å². The Bertz CT molecular complexity index is 910. The van der Waals surface area contributed by atoms with Gasteiger partial charge in [0.05, 0.1) is 17.1 Å². The van der Waals surface area contributed by atoms with Gasteiger partial charge in [0.2, 0.25) is 5.95 Å². The number of anilines is 3. The molecule has 0 amide bonds. The number of nitrogens with one attached hydrogen (secondary N) is 2. The second-order valence-corrected chi connectivity index (χ2v) is 8.05. The largest absolute Gasteiger partial charge is 0.350 e. The monoisotopic (exact) mass is 463 g/mol. The number of hydrogen-bond acceptors (Lipinski definition) is 5. The van der Waals surface area contributed by atoms with Crippen molar-refractivity contribution in [1.29, 1.82) is 0 Å². The molecule has 0 saturated carbocycles. The van der Waals surface area contributed by atoms with Gasteiger partial charge in [-0.3, -0.25) is 4.98 Å². The molecule has 26 heavy (non-hydrogen) atoms. The Balaban J connectivity index is 2.01. The molecule has 3 rings (SSSR count). The van der Waals surface area contributed by atoms with Crippen molar-refractivity contribution in [2.45, 2.75) is 26.3 Å². The SMILES string of the molecule is CC(C)(C)Nc1nc(Nc2ccc(I)cc2F)cc(-c2ccccn2)n1. The first-order valence-corrected chi connectivity index (χ1v) is 9.19. The molecule has 3 aromatic rings. The van der Waals surface area contributed by atoms with E-state index in [1.54, 1.807) is 18.3 Å². The molecule has 0 aliphatic rings. The third-order valence-electron chi connectivity index (χ3n) is 3.33. The molecule has 0 unspecified atom stereocenters. The maximum Gasteiger partial charge on any atom is 0.225 e. The summed E-state index contributed by atoms with van der Waals surface area (Å²) >= 11 is 2.07. The number of benzene rings is 1. The molecule has 1 aromatic carbocycles. The van der Waals surface area contributed by atoms with E-state index < -0.39 is 0 Å². The van der Waals surface area contributed by atoms with E-state index in [-0.39, 0.29) is 11.4 Å². The number of nitrogens with zero attached hydrogens (tertiary/aromatic N) is 3. The lowest BCUT2D eigenvalue weighted by atomic mass is 10.1. The minimum absolute atomic E-state index is 0.214. The highest BCUT2D eigenvalue weighted by Gasteiger charge is 2.15. The van der Waals surface area contributed by atoms with Gasteiger partial charge >= 0.3 is 0 Å². The van der Waals surface area contributed by atoms with Crippen LogP contribution in [0.3, 0.4) is 0 Å². The molecule has 0 radical (unpaired) electrons. The summed E-state index contributed by atoms with van der Waals surface area (Å²) < 4.78 is 15.0. The Kier molecular flexibility index (Phi) is 5.36. The van der Waals surface area contributed by atoms with Crippen LogP contribution in [0.4, 0.5) is 21.8 Å². The highest BCUT2D eigenvalue weighted by atomic mass is 127. The average molecular weight is 463 g/mol. The van der Waals surface area contributed by atoms with E-state index in [0.717, 1.165) is 9.26 Å². The van der Waals surface area contributed by atoms with Crippen molar-refractivity contribution in [2.75, 3.05) is 10.6 Å². The molecule has 0 spiro atoms. The lowest BCUT2D eigenvalue weighted by Gasteiger charge is -2.21. The van der Waals surface area contributed by atoms with Gasteiger partial charge in [0.15, 0.2) is 0 Å². The average Bonchev–Trinajstić information content (AvgIpc) is 2.56. The summed E-state index contributed by atoms with van der Waals surface area (Å²) in [5.74, 6) is 0.613. The van der Waals surface area contributed by atoms with E-state index in [1.165, 1.54) is 6.07 Å². The van der Waals surface area contributed by atoms with Crippen LogP contribution >= 0.6 is 22.6 Å². The molecule has 0 fully saturated rings. The number of halogens is 2. The maximum absolute atomic E-state index is 14.2. The molecule has 0 aliphatic carbocycles. The topological polar surface area (TPSA) is 62.7 Å². The predicted molar refractivity (Wildman–Crippen MR) is 111 cm³/mol. The quantitative estimate of drug-likeness (QED) is 0.519. The molecule has 2 aromatic heterocycles. The highest BCUT2D eigenvalue weighted by molar-refractivity contribution is 14.1. The molecule has 0 aliphatic heterocycles. The molecule has 5 nitrogen and oxygen atoms in total. The van der Waals surface area contributed by atoms with Crippen LogP contribution in [0, 0.1) is 9.39 Å². The van der Waals surface area contributed by atoms with Gasteiger partial charge in [0.25, 0.3) is 0 Å². The second-order valence-electron chi connectivity index (χ2n) is 6.80. The van der Waals surface area contributed by atoms with Gasteiger partial charge in [-0.15, -0.1) is 0 Å². The predicted octanol–water partition coefficient (Wildman–Crippen LogP) is 5.24. The maximum atomic E-state index is 14.2. The van der Waals surface area contributed by atoms with E-state index in [4.69, 9.17) is 0 Å². The zero-order valence-corrected chi connectivity index (χ0v) is 16.9. The fraction of sp³-hybridized carbons (Fsp3) is 0.211. The van der Waals surface area contributed by atoms with Crippen LogP contribution in [-0.2, 0) is 0 Å². The number of hydrogen-bond donors (Lipinski definition) is 2. The van der Waals surface area contributed by atoms with Gasteiger partial charge in [-0.1, -0.05) is 6.07 Å². The Morgan fingerprint density at radius 3 is 2.46 bits per heavy atom. The highest BCUT2D eigenvalue weighted by Crippen LogP contribution is 2.25. The van der Waals surface area contributed by atoms with Crippen LogP contribution in [-0.4, -0.2) is 20.5 Å². The van der Waals surface area contributed by atoms with E-state index >= 15 is 0 Å². The van der Waals surface area contributed by atoms with Crippen molar-refractivity contribution in [3.05, 3.63) is 58.0 Å². The summed E-state index contributed by atoms with van der Waals surface area (Å²) in [5.41, 5.74) is 1.52. The summed E-state index contributed by atoms with van der Waals surface area (Å²) in [6, 6.07) is 12.4. The van der Waals surface area contributed by atoms with Crippen LogP contribution in [0.15, 0.2) is 48.7 Å². The molecule has 0 saturated heterocycles. The Hall–Kier alpha value is -2.29. The lowest BCUT2D eigenvalue weighted by molar-refractivity contribution is 0.625. The molecule has 2 heterocycles. The van der Waals surface area contributed by atoms with Gasteiger partial charge < -0.3 is 10.6 Å². The fourth-order valence-electron chi connectivity index (χ4n) is 2.28. The van der Waals surface area contributed by atoms with Gasteiger partial charge in [-0.25, -0.2) is 9.37 Å². The third kappa shape index (κ3) is 4.87. The Morgan fingerprint density at radius 2 is 1.81 bits per heavy atom. The molecular formula is C19H19FIN5. The van der Waals surface area contributed by atoms with Crippen LogP contribution < -0.4 is 10.6 Å². The van der Waals surface area contributed by atoms with Crippen LogP contribution in [0.5, 0.6) is 0 Å².